The smallest absolute Gasteiger partial charge is 0.179 e. The Morgan fingerprint density at radius 3 is 1.97 bits per heavy atom. The molecule has 7 heteroatoms. The van der Waals surface area contributed by atoms with Gasteiger partial charge in [-0.05, 0) is 50.8 Å². The second-order valence-electron chi connectivity index (χ2n) is 9.89. The van der Waals surface area contributed by atoms with Gasteiger partial charge in [-0.1, -0.05) is 71.8 Å². The van der Waals surface area contributed by atoms with Crippen LogP contribution in [0.3, 0.4) is 0 Å². The van der Waals surface area contributed by atoms with Crippen LogP contribution >= 0.6 is 0 Å². The largest absolute Gasteiger partial charge is 0.382 e. The number of ether oxygens (including phenoxy) is 2. The molecule has 0 saturated heterocycles. The van der Waals surface area contributed by atoms with Crippen molar-refractivity contribution in [1.29, 1.82) is 0 Å². The molecule has 0 amide bonds. The van der Waals surface area contributed by atoms with E-state index in [1.807, 2.05) is 38.1 Å². The number of carbonyl (C=O) groups excluding carboxylic acids is 2. The number of benzene rings is 3. The Bertz CT molecular complexity index is 1310. The molecular weight excluding hydrogens is 512 g/mol. The molecule has 0 N–H and O–H groups in total. The number of carbonyl (C=O) groups is 2. The number of rotatable bonds is 16. The fourth-order valence-electron chi connectivity index (χ4n) is 4.27. The van der Waals surface area contributed by atoms with Crippen molar-refractivity contribution in [3.05, 3.63) is 101 Å². The molecule has 0 spiro atoms. The maximum absolute atomic E-state index is 13.6. The molecule has 1 unspecified atom stereocenters. The third-order valence-electron chi connectivity index (χ3n) is 6.69. The summed E-state index contributed by atoms with van der Waals surface area (Å²) in [6, 6.07) is 21.3. The predicted molar refractivity (Wildman–Crippen MR) is 153 cm³/mol. The van der Waals surface area contributed by atoms with Crippen LogP contribution in [0.1, 0.15) is 56.7 Å². The van der Waals surface area contributed by atoms with Crippen LogP contribution in [0.2, 0.25) is 0 Å². The molecule has 3 aromatic carbocycles. The Labute approximate surface area is 232 Å². The lowest BCUT2D eigenvalue weighted by atomic mass is 9.92. The van der Waals surface area contributed by atoms with E-state index in [4.69, 9.17) is 9.47 Å². The summed E-state index contributed by atoms with van der Waals surface area (Å²) in [7, 11) is -2.07. The average molecular weight is 551 g/mol. The lowest BCUT2D eigenvalue weighted by Gasteiger charge is -2.17. The molecular formula is C32H38O6S. The van der Waals surface area contributed by atoms with Crippen LogP contribution in [-0.2, 0) is 25.7 Å². The zero-order valence-electron chi connectivity index (χ0n) is 23.0. The highest BCUT2D eigenvalue weighted by atomic mass is 32.2. The van der Waals surface area contributed by atoms with Gasteiger partial charge in [-0.15, -0.1) is 0 Å². The minimum absolute atomic E-state index is 0.0257. The van der Waals surface area contributed by atoms with Gasteiger partial charge in [0.2, 0.25) is 0 Å². The lowest BCUT2D eigenvalue weighted by molar-refractivity contribution is 0.0670. The number of hydrogen-bond donors (Lipinski definition) is 0. The zero-order chi connectivity index (χ0) is 28.3. The van der Waals surface area contributed by atoms with Crippen molar-refractivity contribution in [2.45, 2.75) is 44.4 Å². The van der Waals surface area contributed by atoms with E-state index in [2.05, 4.69) is 0 Å². The summed E-state index contributed by atoms with van der Waals surface area (Å²) in [5.74, 6) is -1.25. The van der Waals surface area contributed by atoms with Crippen molar-refractivity contribution in [1.82, 2.24) is 0 Å². The van der Waals surface area contributed by atoms with Gasteiger partial charge in [-0.3, -0.25) is 9.59 Å². The zero-order valence-corrected chi connectivity index (χ0v) is 23.8. The number of ketones is 2. The van der Waals surface area contributed by atoms with Crippen molar-refractivity contribution >= 4 is 21.4 Å². The number of hydrogen-bond acceptors (Lipinski definition) is 6. The number of Topliss-reactive ketones (excluding diaryl/α,β-unsaturated/α-hetero) is 2. The van der Waals surface area contributed by atoms with Gasteiger partial charge in [0.25, 0.3) is 0 Å². The Morgan fingerprint density at radius 1 is 0.769 bits per heavy atom. The van der Waals surface area contributed by atoms with Crippen LogP contribution in [0, 0.1) is 19.8 Å². The first-order valence-corrected chi connectivity index (χ1v) is 14.9. The van der Waals surface area contributed by atoms with Gasteiger partial charge in [0, 0.05) is 37.2 Å². The quantitative estimate of drug-likeness (QED) is 0.165. The van der Waals surface area contributed by atoms with Crippen LogP contribution in [0.5, 0.6) is 0 Å². The van der Waals surface area contributed by atoms with Crippen molar-refractivity contribution < 1.29 is 27.5 Å². The van der Waals surface area contributed by atoms with Crippen LogP contribution in [0.4, 0.5) is 0 Å². The van der Waals surface area contributed by atoms with Gasteiger partial charge in [0.05, 0.1) is 23.9 Å². The molecule has 1 atom stereocenters. The minimum atomic E-state index is -3.68. The van der Waals surface area contributed by atoms with Crippen LogP contribution in [0.25, 0.3) is 0 Å². The van der Waals surface area contributed by atoms with Crippen molar-refractivity contribution in [3.8, 4) is 0 Å². The molecule has 0 fully saturated rings. The molecule has 0 radical (unpaired) electrons. The molecule has 0 aliphatic heterocycles. The van der Waals surface area contributed by atoms with E-state index in [9.17, 15) is 18.0 Å². The lowest BCUT2D eigenvalue weighted by Crippen LogP contribution is -2.25. The van der Waals surface area contributed by atoms with Gasteiger partial charge in [-0.25, -0.2) is 8.42 Å². The predicted octanol–water partition coefficient (Wildman–Crippen LogP) is 5.83. The van der Waals surface area contributed by atoms with Crippen LogP contribution < -0.4 is 0 Å². The second-order valence-corrected chi connectivity index (χ2v) is 11.9. The molecule has 6 nitrogen and oxygen atoms in total. The van der Waals surface area contributed by atoms with Crippen LogP contribution in [-0.4, -0.2) is 52.7 Å². The highest BCUT2D eigenvalue weighted by Gasteiger charge is 2.28. The van der Waals surface area contributed by atoms with Gasteiger partial charge in [0.15, 0.2) is 21.4 Å². The van der Waals surface area contributed by atoms with Gasteiger partial charge < -0.3 is 9.47 Å². The van der Waals surface area contributed by atoms with Gasteiger partial charge >= 0.3 is 0 Å². The molecule has 0 saturated carbocycles. The first kappa shape index (κ1) is 30.4. The molecule has 0 aliphatic carbocycles. The maximum atomic E-state index is 13.6. The summed E-state index contributed by atoms with van der Waals surface area (Å²) in [6.45, 7) is 5.39. The minimum Gasteiger partial charge on any atom is -0.382 e. The van der Waals surface area contributed by atoms with E-state index in [1.54, 1.807) is 55.6 Å². The number of aryl methyl sites for hydroxylation is 3. The molecule has 0 bridgehead atoms. The standard InChI is InChI=1S/C32H38O6S/c1-24-6-10-26(11-7-24)12-13-29(23-39(35,36)30-18-8-25(2)9-19-30)32(34)28-16-14-27(15-17-28)31(33)5-4-20-38-22-21-37-3/h6-11,14-19,29H,4-5,12-13,20-23H2,1-3H3. The number of methoxy groups -OCH3 is 1. The van der Waals surface area contributed by atoms with Crippen LogP contribution in [0.15, 0.2) is 77.7 Å². The third-order valence-corrected chi connectivity index (χ3v) is 8.52. The van der Waals surface area contributed by atoms with E-state index in [-0.39, 0.29) is 22.2 Å². The SMILES string of the molecule is COCCOCCCC(=O)c1ccc(C(=O)C(CCc2ccc(C)cc2)CS(=O)(=O)c2ccc(C)cc2)cc1. The fourth-order valence-corrected chi connectivity index (χ4v) is 5.86. The summed E-state index contributed by atoms with van der Waals surface area (Å²) in [5.41, 5.74) is 4.09. The molecule has 0 heterocycles. The Hall–Kier alpha value is -3.13. The van der Waals surface area contributed by atoms with Crippen molar-refractivity contribution in [2.75, 3.05) is 32.7 Å². The maximum Gasteiger partial charge on any atom is 0.179 e. The molecule has 0 aliphatic rings. The fraction of sp³-hybridized carbons (Fsp3) is 0.375. The van der Waals surface area contributed by atoms with Gasteiger partial charge in [-0.2, -0.15) is 0 Å². The Morgan fingerprint density at radius 2 is 1.36 bits per heavy atom. The first-order chi connectivity index (χ1) is 18.7. The monoisotopic (exact) mass is 550 g/mol. The molecule has 39 heavy (non-hydrogen) atoms. The first-order valence-electron chi connectivity index (χ1n) is 13.3. The Kier molecular flexibility index (Phi) is 11.6. The summed E-state index contributed by atoms with van der Waals surface area (Å²) in [4.78, 5) is 26.4. The van der Waals surface area contributed by atoms with Crippen molar-refractivity contribution in [2.24, 2.45) is 5.92 Å². The summed E-state index contributed by atoms with van der Waals surface area (Å²) < 4.78 is 36.8. The van der Waals surface area contributed by atoms with Gasteiger partial charge in [0.1, 0.15) is 0 Å². The highest BCUT2D eigenvalue weighted by molar-refractivity contribution is 7.91. The van der Waals surface area contributed by atoms with E-state index < -0.39 is 15.8 Å². The van der Waals surface area contributed by atoms with E-state index in [0.29, 0.717) is 56.6 Å². The van der Waals surface area contributed by atoms with Crippen molar-refractivity contribution in [3.63, 3.8) is 0 Å². The summed E-state index contributed by atoms with van der Waals surface area (Å²) >= 11 is 0. The van der Waals surface area contributed by atoms with E-state index >= 15 is 0 Å². The summed E-state index contributed by atoms with van der Waals surface area (Å²) in [6.07, 6.45) is 1.93. The van der Waals surface area contributed by atoms with E-state index in [0.717, 1.165) is 16.7 Å². The highest BCUT2D eigenvalue weighted by Crippen LogP contribution is 2.23. The topological polar surface area (TPSA) is 86.7 Å². The second kappa shape index (κ2) is 14.9. The molecule has 208 valence electrons. The van der Waals surface area contributed by atoms with E-state index in [1.165, 1.54) is 0 Å². The third kappa shape index (κ3) is 9.53. The normalized spacial score (nSPS) is 12.3. The molecule has 3 aromatic rings. The molecule has 0 aromatic heterocycles. The number of sulfone groups is 1. The summed E-state index contributed by atoms with van der Waals surface area (Å²) in [5, 5.41) is 0. The average Bonchev–Trinajstić information content (AvgIpc) is 2.93. The Balaban J connectivity index is 1.71. The molecule has 3 rings (SSSR count).